The number of pyridine rings is 1. The minimum atomic E-state index is -4.75. The summed E-state index contributed by atoms with van der Waals surface area (Å²) in [6.07, 6.45) is -0.535. The molecule has 0 amide bonds. The molecule has 8 nitrogen and oxygen atoms in total. The molecular weight excluding hydrogens is 629 g/mol. The molecule has 2 unspecified atom stereocenters. The van der Waals surface area contributed by atoms with Crippen molar-refractivity contribution in [2.45, 2.75) is 30.0 Å². The van der Waals surface area contributed by atoms with Gasteiger partial charge in [-0.1, -0.05) is 18.2 Å². The highest BCUT2D eigenvalue weighted by atomic mass is 32.2. The fourth-order valence-electron chi connectivity index (χ4n) is 5.49. The molecular formula is C31H28F4N6O2S2. The van der Waals surface area contributed by atoms with Gasteiger partial charge in [-0.25, -0.2) is 14.4 Å². The lowest BCUT2D eigenvalue weighted by Gasteiger charge is -2.15. The number of hydrogen-bond donors (Lipinski definition) is 1. The van der Waals surface area contributed by atoms with E-state index in [1.807, 2.05) is 12.1 Å². The number of hydrogen-bond acceptors (Lipinski definition) is 8. The van der Waals surface area contributed by atoms with Crippen molar-refractivity contribution in [2.24, 2.45) is 0 Å². The first kappa shape index (κ1) is 30.9. The molecule has 45 heavy (non-hydrogen) atoms. The summed E-state index contributed by atoms with van der Waals surface area (Å²) in [6, 6.07) is 12.5. The highest BCUT2D eigenvalue weighted by molar-refractivity contribution is 8.00. The Bertz CT molecular complexity index is 2030. The highest BCUT2D eigenvalue weighted by Gasteiger charge is 2.33. The third-order valence-electron chi connectivity index (χ3n) is 7.69. The van der Waals surface area contributed by atoms with Gasteiger partial charge in [0.15, 0.2) is 0 Å². The Hall–Kier alpha value is -4.14. The predicted octanol–water partition coefficient (Wildman–Crippen LogP) is 5.90. The molecule has 1 saturated heterocycles. The topological polar surface area (TPSA) is 93.0 Å². The summed E-state index contributed by atoms with van der Waals surface area (Å²) >= 11 is 1.33. The molecule has 3 aromatic heterocycles. The maximum atomic E-state index is 15.4. The third kappa shape index (κ3) is 6.77. The zero-order chi connectivity index (χ0) is 31.9. The lowest BCUT2D eigenvalue weighted by molar-refractivity contribution is -0.105. The number of thiazole rings is 1. The number of halogens is 4. The quantitative estimate of drug-likeness (QED) is 0.164. The van der Waals surface area contributed by atoms with Gasteiger partial charge in [0.25, 0.3) is 5.56 Å². The van der Waals surface area contributed by atoms with E-state index in [-0.39, 0.29) is 29.3 Å². The van der Waals surface area contributed by atoms with Crippen LogP contribution >= 0.6 is 11.3 Å². The van der Waals surface area contributed by atoms with E-state index in [1.54, 1.807) is 11.6 Å². The summed E-state index contributed by atoms with van der Waals surface area (Å²) in [6.45, 7) is 2.12. The fraction of sp³-hybridized carbons (Fsp3) is 0.258. The van der Waals surface area contributed by atoms with Gasteiger partial charge in [0.2, 0.25) is 5.95 Å². The average molecular weight is 657 g/mol. The van der Waals surface area contributed by atoms with Crippen LogP contribution in [0.25, 0.3) is 22.2 Å². The van der Waals surface area contributed by atoms with Gasteiger partial charge < -0.3 is 10.2 Å². The molecule has 234 valence electrons. The molecule has 1 fully saturated rings. The molecule has 2 aromatic carbocycles. The van der Waals surface area contributed by atoms with Crippen LogP contribution in [0.1, 0.15) is 22.9 Å². The normalized spacial score (nSPS) is 17.0. The Morgan fingerprint density at radius 1 is 1.11 bits per heavy atom. The van der Waals surface area contributed by atoms with Crippen LogP contribution in [0.2, 0.25) is 0 Å². The van der Waals surface area contributed by atoms with Crippen LogP contribution in [-0.2, 0) is 16.1 Å². The third-order valence-corrected chi connectivity index (χ3v) is 10.4. The first-order valence-electron chi connectivity index (χ1n) is 13.9. The molecule has 0 bridgehead atoms. The van der Waals surface area contributed by atoms with Gasteiger partial charge in [0.05, 0.1) is 12.1 Å². The van der Waals surface area contributed by atoms with E-state index in [9.17, 15) is 22.2 Å². The lowest BCUT2D eigenvalue weighted by atomic mass is 9.98. The molecule has 0 saturated carbocycles. The zero-order valence-electron chi connectivity index (χ0n) is 24.1. The molecule has 6 rings (SSSR count). The first-order valence-corrected chi connectivity index (χ1v) is 16.7. The van der Waals surface area contributed by atoms with Crippen molar-refractivity contribution in [2.75, 3.05) is 31.2 Å². The number of aromatic nitrogens is 4. The average Bonchev–Trinajstić information content (AvgIpc) is 3.66. The maximum Gasteiger partial charge on any atom is 0.400 e. The van der Waals surface area contributed by atoms with Crippen molar-refractivity contribution in [3.63, 3.8) is 0 Å². The summed E-state index contributed by atoms with van der Waals surface area (Å²) in [4.78, 5) is 29.1. The Morgan fingerprint density at radius 3 is 2.53 bits per heavy atom. The van der Waals surface area contributed by atoms with E-state index in [4.69, 9.17) is 0 Å². The standard InChI is InChI=1S/C31H28F4N6O2S2/c1-40-11-9-20(16-40)19-3-5-22(6-4-19)38-30-37-15-21-13-25(29(42)41(28(21)39-30)17-27-36-10-12-44-27)24-8-7-23(14-26(24)32)45(2,43)18-31(33,34)35/h3-8,10,12-15,20H,2,9,11,16-18H2,1H3,(H,37,38,39). The highest BCUT2D eigenvalue weighted by Crippen LogP contribution is 2.30. The smallest absolute Gasteiger partial charge is 0.324 e. The van der Waals surface area contributed by atoms with Crippen LogP contribution in [0.15, 0.2) is 76.0 Å². The van der Waals surface area contributed by atoms with E-state index in [0.29, 0.717) is 16.3 Å². The van der Waals surface area contributed by atoms with E-state index >= 15 is 4.39 Å². The Balaban J connectivity index is 1.37. The molecule has 1 aliphatic heterocycles. The number of nitrogens with zero attached hydrogens (tertiary/aromatic N) is 5. The summed E-state index contributed by atoms with van der Waals surface area (Å²) < 4.78 is 68.2. The number of alkyl halides is 3. The molecule has 4 heterocycles. The second-order valence-electron chi connectivity index (χ2n) is 11.1. The summed E-state index contributed by atoms with van der Waals surface area (Å²) in [5.41, 5.74) is 1.48. The minimum absolute atomic E-state index is 0.0415. The van der Waals surface area contributed by atoms with Crippen molar-refractivity contribution in [3.8, 4) is 11.1 Å². The number of likely N-dealkylation sites (tertiary alicyclic amines) is 1. The van der Waals surface area contributed by atoms with Gasteiger partial charge in [-0.05, 0) is 67.7 Å². The molecule has 0 radical (unpaired) electrons. The first-order chi connectivity index (χ1) is 21.4. The van der Waals surface area contributed by atoms with Crippen LogP contribution in [0.3, 0.4) is 0 Å². The van der Waals surface area contributed by atoms with Gasteiger partial charge in [0.1, 0.15) is 22.2 Å². The predicted molar refractivity (Wildman–Crippen MR) is 169 cm³/mol. The SMILES string of the molecule is C=S(=O)(CC(F)(F)F)c1ccc(-c2cc3cnc(Nc4ccc(C5CCN(C)C5)cc4)nc3n(Cc3nccs3)c2=O)c(F)c1. The number of nitrogens with one attached hydrogen (secondary N) is 1. The molecule has 1 N–H and O–H groups in total. The van der Waals surface area contributed by atoms with Crippen molar-refractivity contribution < 1.29 is 21.8 Å². The van der Waals surface area contributed by atoms with E-state index in [2.05, 4.69) is 50.2 Å². The van der Waals surface area contributed by atoms with Gasteiger partial charge in [-0.3, -0.25) is 13.6 Å². The maximum absolute atomic E-state index is 15.4. The van der Waals surface area contributed by atoms with Crippen LogP contribution in [0.5, 0.6) is 0 Å². The van der Waals surface area contributed by atoms with Gasteiger partial charge >= 0.3 is 6.18 Å². The van der Waals surface area contributed by atoms with Crippen molar-refractivity contribution in [1.82, 2.24) is 24.4 Å². The van der Waals surface area contributed by atoms with E-state index < -0.39 is 37.7 Å². The van der Waals surface area contributed by atoms with Gasteiger partial charge in [-0.15, -0.1) is 11.3 Å². The summed E-state index contributed by atoms with van der Waals surface area (Å²) in [5, 5.41) is 5.98. The molecule has 0 spiro atoms. The molecule has 0 aliphatic carbocycles. The van der Waals surface area contributed by atoms with Crippen LogP contribution in [0, 0.1) is 5.82 Å². The number of anilines is 2. The second kappa shape index (κ2) is 12.0. The van der Waals surface area contributed by atoms with Crippen LogP contribution in [-0.4, -0.2) is 66.6 Å². The number of rotatable bonds is 8. The molecule has 14 heteroatoms. The van der Waals surface area contributed by atoms with Gasteiger partial charge in [0, 0.05) is 55.4 Å². The second-order valence-corrected chi connectivity index (χ2v) is 14.4. The molecule has 5 aromatic rings. The van der Waals surface area contributed by atoms with Crippen LogP contribution < -0.4 is 10.9 Å². The van der Waals surface area contributed by atoms with E-state index in [1.165, 1.54) is 33.7 Å². The largest absolute Gasteiger partial charge is 0.400 e. The molecule has 1 aliphatic rings. The Kier molecular flexibility index (Phi) is 8.22. The lowest BCUT2D eigenvalue weighted by Crippen LogP contribution is -2.24. The van der Waals surface area contributed by atoms with Crippen molar-refractivity contribution in [1.29, 1.82) is 0 Å². The number of fused-ring (bicyclic) bond motifs is 1. The minimum Gasteiger partial charge on any atom is -0.324 e. The van der Waals surface area contributed by atoms with Gasteiger partial charge in [-0.2, -0.15) is 18.2 Å². The van der Waals surface area contributed by atoms with Crippen LogP contribution in [0.4, 0.5) is 29.2 Å². The van der Waals surface area contributed by atoms with E-state index in [0.717, 1.165) is 43.4 Å². The fourth-order valence-corrected chi connectivity index (χ4v) is 7.43. The Labute approximate surface area is 260 Å². The monoisotopic (exact) mass is 656 g/mol. The Morgan fingerprint density at radius 2 is 1.89 bits per heavy atom. The van der Waals surface area contributed by atoms with Crippen molar-refractivity contribution in [3.05, 3.63) is 93.0 Å². The molecule has 2 atom stereocenters. The zero-order valence-corrected chi connectivity index (χ0v) is 25.7. The van der Waals surface area contributed by atoms with Crippen molar-refractivity contribution >= 4 is 49.4 Å². The number of benzene rings is 2. The summed E-state index contributed by atoms with van der Waals surface area (Å²) in [5.74, 6) is 1.23. The number of likely N-dealkylation sites (N-methyl/N-ethyl adjacent to an activating group) is 1. The summed E-state index contributed by atoms with van der Waals surface area (Å²) in [7, 11) is -1.74.